The monoisotopic (exact) mass is 233 g/mol. The smallest absolute Gasteiger partial charge is 0.0782 e. The highest BCUT2D eigenvalue weighted by Crippen LogP contribution is 2.12. The minimum absolute atomic E-state index is 1.03. The standard InChI is InChI=1S/C14H19NS/c16-14(15-11-5-2-6-12-15)10-9-13-7-3-1-4-8-13/h1,3-4,7-8H,2,5-6,9-12H2. The molecule has 0 N–H and O–H groups in total. The molecule has 0 aliphatic carbocycles. The van der Waals surface area contributed by atoms with E-state index in [1.807, 2.05) is 0 Å². The van der Waals surface area contributed by atoms with Crippen LogP contribution in [0, 0.1) is 0 Å². The second-order valence-electron chi connectivity index (χ2n) is 4.43. The maximum absolute atomic E-state index is 5.50. The summed E-state index contributed by atoms with van der Waals surface area (Å²) in [5.74, 6) is 0. The molecule has 0 unspecified atom stereocenters. The third-order valence-electron chi connectivity index (χ3n) is 3.18. The minimum Gasteiger partial charge on any atom is -0.366 e. The molecule has 0 saturated carbocycles. The fraction of sp³-hybridized carbons (Fsp3) is 0.500. The quantitative estimate of drug-likeness (QED) is 0.736. The predicted molar refractivity (Wildman–Crippen MR) is 72.8 cm³/mol. The van der Waals surface area contributed by atoms with Crippen LogP contribution in [0.2, 0.25) is 0 Å². The van der Waals surface area contributed by atoms with Gasteiger partial charge in [0.25, 0.3) is 0 Å². The topological polar surface area (TPSA) is 3.24 Å². The molecule has 0 amide bonds. The molecule has 0 spiro atoms. The van der Waals surface area contributed by atoms with Crippen LogP contribution in [0.4, 0.5) is 0 Å². The Bertz CT molecular complexity index is 328. The van der Waals surface area contributed by atoms with Gasteiger partial charge in [-0.3, -0.25) is 0 Å². The fourth-order valence-electron chi connectivity index (χ4n) is 2.20. The van der Waals surface area contributed by atoms with E-state index in [2.05, 4.69) is 35.2 Å². The van der Waals surface area contributed by atoms with Crippen molar-refractivity contribution in [2.24, 2.45) is 0 Å². The van der Waals surface area contributed by atoms with E-state index in [0.717, 1.165) is 17.8 Å². The van der Waals surface area contributed by atoms with E-state index in [1.165, 1.54) is 37.9 Å². The molecule has 0 bridgehead atoms. The zero-order chi connectivity index (χ0) is 11.2. The molecule has 1 fully saturated rings. The van der Waals surface area contributed by atoms with Crippen LogP contribution in [0.5, 0.6) is 0 Å². The van der Waals surface area contributed by atoms with Crippen molar-refractivity contribution in [3.05, 3.63) is 35.9 Å². The van der Waals surface area contributed by atoms with Crippen LogP contribution < -0.4 is 0 Å². The van der Waals surface area contributed by atoms with Crippen LogP contribution in [0.3, 0.4) is 0 Å². The Balaban J connectivity index is 1.79. The molecule has 1 aliphatic heterocycles. The van der Waals surface area contributed by atoms with Gasteiger partial charge in [0.2, 0.25) is 0 Å². The lowest BCUT2D eigenvalue weighted by Crippen LogP contribution is -2.34. The number of likely N-dealkylation sites (tertiary alicyclic amines) is 1. The molecule has 16 heavy (non-hydrogen) atoms. The summed E-state index contributed by atoms with van der Waals surface area (Å²) in [6.07, 6.45) is 6.10. The number of hydrogen-bond donors (Lipinski definition) is 0. The molecule has 2 rings (SSSR count). The van der Waals surface area contributed by atoms with Crippen molar-refractivity contribution in [2.75, 3.05) is 13.1 Å². The largest absolute Gasteiger partial charge is 0.366 e. The van der Waals surface area contributed by atoms with Gasteiger partial charge in [-0.25, -0.2) is 0 Å². The van der Waals surface area contributed by atoms with Crippen LogP contribution in [-0.2, 0) is 6.42 Å². The molecule has 1 heterocycles. The summed E-state index contributed by atoms with van der Waals surface area (Å²) >= 11 is 5.50. The Hall–Kier alpha value is -0.890. The minimum atomic E-state index is 1.03. The van der Waals surface area contributed by atoms with Gasteiger partial charge in [0.15, 0.2) is 0 Å². The summed E-state index contributed by atoms with van der Waals surface area (Å²) in [5.41, 5.74) is 1.39. The van der Waals surface area contributed by atoms with Gasteiger partial charge in [0.1, 0.15) is 0 Å². The number of benzene rings is 1. The van der Waals surface area contributed by atoms with E-state index in [1.54, 1.807) is 0 Å². The molecule has 1 nitrogen and oxygen atoms in total. The summed E-state index contributed by atoms with van der Waals surface area (Å²) in [5, 5.41) is 0. The first-order valence-corrected chi connectivity index (χ1v) is 6.59. The molecule has 2 heteroatoms. The maximum atomic E-state index is 5.50. The normalized spacial score (nSPS) is 16.1. The van der Waals surface area contributed by atoms with E-state index in [-0.39, 0.29) is 0 Å². The van der Waals surface area contributed by atoms with Gasteiger partial charge in [-0.05, 0) is 31.2 Å². The highest BCUT2D eigenvalue weighted by Gasteiger charge is 2.12. The van der Waals surface area contributed by atoms with Gasteiger partial charge in [-0.2, -0.15) is 0 Å². The van der Waals surface area contributed by atoms with Crippen molar-refractivity contribution in [3.8, 4) is 0 Å². The van der Waals surface area contributed by atoms with Crippen LogP contribution in [0.1, 0.15) is 31.2 Å². The molecule has 1 aliphatic rings. The molecule has 1 saturated heterocycles. The Labute approximate surface area is 103 Å². The predicted octanol–water partition coefficient (Wildman–Crippen LogP) is 3.43. The molecule has 0 radical (unpaired) electrons. The van der Waals surface area contributed by atoms with E-state index < -0.39 is 0 Å². The lowest BCUT2D eigenvalue weighted by molar-refractivity contribution is 0.342. The van der Waals surface area contributed by atoms with Crippen molar-refractivity contribution in [2.45, 2.75) is 32.1 Å². The first-order valence-electron chi connectivity index (χ1n) is 6.18. The highest BCUT2D eigenvalue weighted by atomic mass is 32.1. The summed E-state index contributed by atoms with van der Waals surface area (Å²) in [6.45, 7) is 2.35. The van der Waals surface area contributed by atoms with Crippen molar-refractivity contribution < 1.29 is 0 Å². The van der Waals surface area contributed by atoms with Crippen molar-refractivity contribution in [1.82, 2.24) is 4.90 Å². The Kier molecular flexibility index (Phi) is 4.34. The molecule has 1 aromatic rings. The van der Waals surface area contributed by atoms with Gasteiger partial charge < -0.3 is 4.90 Å². The highest BCUT2D eigenvalue weighted by molar-refractivity contribution is 7.80. The van der Waals surface area contributed by atoms with Crippen molar-refractivity contribution in [1.29, 1.82) is 0 Å². The van der Waals surface area contributed by atoms with Gasteiger partial charge in [-0.15, -0.1) is 0 Å². The van der Waals surface area contributed by atoms with Crippen molar-refractivity contribution >= 4 is 17.2 Å². The zero-order valence-corrected chi connectivity index (χ0v) is 10.5. The Morgan fingerprint density at radius 1 is 1.06 bits per heavy atom. The molecule has 86 valence electrons. The number of thiocarbonyl (C=S) groups is 1. The lowest BCUT2D eigenvalue weighted by Gasteiger charge is -2.29. The van der Waals surface area contributed by atoms with E-state index in [9.17, 15) is 0 Å². The van der Waals surface area contributed by atoms with Gasteiger partial charge in [-0.1, -0.05) is 42.5 Å². The average molecular weight is 233 g/mol. The van der Waals surface area contributed by atoms with Crippen LogP contribution >= 0.6 is 12.2 Å². The zero-order valence-electron chi connectivity index (χ0n) is 9.69. The third-order valence-corrected chi connectivity index (χ3v) is 3.64. The van der Waals surface area contributed by atoms with Gasteiger partial charge in [0.05, 0.1) is 4.99 Å². The second-order valence-corrected chi connectivity index (χ2v) is 4.90. The Morgan fingerprint density at radius 3 is 2.44 bits per heavy atom. The molecular formula is C14H19NS. The number of nitrogens with zero attached hydrogens (tertiary/aromatic N) is 1. The summed E-state index contributed by atoms with van der Waals surface area (Å²) in [6, 6.07) is 10.6. The lowest BCUT2D eigenvalue weighted by atomic mass is 10.1. The van der Waals surface area contributed by atoms with Gasteiger partial charge in [0, 0.05) is 19.5 Å². The van der Waals surface area contributed by atoms with E-state index in [0.29, 0.717) is 0 Å². The number of aryl methyl sites for hydroxylation is 1. The van der Waals surface area contributed by atoms with Crippen LogP contribution in [-0.4, -0.2) is 23.0 Å². The molecule has 1 aromatic carbocycles. The summed E-state index contributed by atoms with van der Waals surface area (Å²) in [7, 11) is 0. The molecule has 0 aromatic heterocycles. The summed E-state index contributed by atoms with van der Waals surface area (Å²) in [4.78, 5) is 3.55. The number of rotatable bonds is 3. The summed E-state index contributed by atoms with van der Waals surface area (Å²) < 4.78 is 0. The van der Waals surface area contributed by atoms with Gasteiger partial charge >= 0.3 is 0 Å². The fourth-order valence-corrected chi connectivity index (χ4v) is 2.48. The number of hydrogen-bond acceptors (Lipinski definition) is 1. The number of piperidine rings is 1. The van der Waals surface area contributed by atoms with Crippen LogP contribution in [0.25, 0.3) is 0 Å². The third kappa shape index (κ3) is 3.31. The van der Waals surface area contributed by atoms with Crippen LogP contribution in [0.15, 0.2) is 30.3 Å². The SMILES string of the molecule is S=C(CCc1ccccc1)N1CCCCC1. The second kappa shape index (κ2) is 6.00. The maximum Gasteiger partial charge on any atom is 0.0782 e. The van der Waals surface area contributed by atoms with E-state index in [4.69, 9.17) is 12.2 Å². The van der Waals surface area contributed by atoms with E-state index >= 15 is 0 Å². The van der Waals surface area contributed by atoms with Crippen molar-refractivity contribution in [3.63, 3.8) is 0 Å². The first kappa shape index (κ1) is 11.6. The first-order chi connectivity index (χ1) is 7.86. The average Bonchev–Trinajstić information content (AvgIpc) is 2.38. The molecular weight excluding hydrogens is 214 g/mol. The Morgan fingerprint density at radius 2 is 1.75 bits per heavy atom. The molecule has 0 atom stereocenters.